The molecule has 4 heterocycles. The molecule has 2 fully saturated rings. The number of hydrogen-bond donors (Lipinski definition) is 3. The number of carbonyl (C=O) groups excluding carboxylic acids is 1. The van der Waals surface area contributed by atoms with Crippen LogP contribution in [-0.4, -0.2) is 42.6 Å². The minimum Gasteiger partial charge on any atom is -0.397 e. The first-order valence-corrected chi connectivity index (χ1v) is 11.4. The first-order chi connectivity index (χ1) is 14.6. The highest BCUT2D eigenvalue weighted by Gasteiger charge is 2.36. The summed E-state index contributed by atoms with van der Waals surface area (Å²) in [5.74, 6) is -0.123. The van der Waals surface area contributed by atoms with Crippen molar-refractivity contribution in [2.45, 2.75) is 38.3 Å². The molecule has 2 bridgehead atoms. The van der Waals surface area contributed by atoms with Crippen molar-refractivity contribution in [1.82, 2.24) is 15.6 Å². The third-order valence-corrected chi connectivity index (χ3v) is 7.37. The predicted molar refractivity (Wildman–Crippen MR) is 123 cm³/mol. The van der Waals surface area contributed by atoms with Crippen molar-refractivity contribution in [3.8, 4) is 0 Å². The molecule has 2 atom stereocenters. The summed E-state index contributed by atoms with van der Waals surface area (Å²) in [7, 11) is 0. The van der Waals surface area contributed by atoms with Crippen LogP contribution in [0.15, 0.2) is 36.4 Å². The summed E-state index contributed by atoms with van der Waals surface area (Å²) in [4.78, 5) is 21.1. The topological polar surface area (TPSA) is 83.3 Å². The smallest absolute Gasteiger partial charge is 0.263 e. The van der Waals surface area contributed by atoms with E-state index < -0.39 is 0 Å². The second kappa shape index (κ2) is 7.89. The van der Waals surface area contributed by atoms with Crippen LogP contribution in [0.3, 0.4) is 0 Å². The number of amides is 1. The molecule has 0 radical (unpaired) electrons. The molecule has 2 aromatic heterocycles. The summed E-state index contributed by atoms with van der Waals surface area (Å²) in [6.07, 6.45) is 3.35. The van der Waals surface area contributed by atoms with Crippen LogP contribution in [0.5, 0.6) is 0 Å². The molecule has 3 aromatic rings. The predicted octanol–water partition coefficient (Wildman–Crippen LogP) is 3.10. The Hall–Kier alpha value is -2.64. The van der Waals surface area contributed by atoms with Gasteiger partial charge in [-0.2, -0.15) is 0 Å². The summed E-state index contributed by atoms with van der Waals surface area (Å²) in [6.45, 7) is 4.69. The molecule has 156 valence electrons. The molecule has 0 spiro atoms. The van der Waals surface area contributed by atoms with E-state index in [1.165, 1.54) is 35.4 Å². The van der Waals surface area contributed by atoms with Gasteiger partial charge in [-0.25, -0.2) is 4.98 Å². The van der Waals surface area contributed by atoms with Gasteiger partial charge < -0.3 is 21.3 Å². The third kappa shape index (κ3) is 3.52. The van der Waals surface area contributed by atoms with Crippen molar-refractivity contribution in [2.75, 3.05) is 30.3 Å². The van der Waals surface area contributed by atoms with Gasteiger partial charge in [0.1, 0.15) is 9.71 Å². The standard InChI is InChI=1S/C23H27N5OS/c1-14-2-9-19-20(24)21(30-23(19)27-14)22(29)26-11-10-15-3-5-16(6-4-15)28-17-7-8-18(28)13-25-12-17/h2-6,9,17-18,25H,7-8,10-13,24H2,1H3,(H,26,29). The van der Waals surface area contributed by atoms with Gasteiger partial charge in [-0.15, -0.1) is 11.3 Å². The lowest BCUT2D eigenvalue weighted by atomic mass is 10.1. The van der Waals surface area contributed by atoms with Crippen molar-refractivity contribution >= 4 is 38.8 Å². The zero-order valence-electron chi connectivity index (χ0n) is 17.1. The number of rotatable bonds is 5. The molecule has 7 heteroatoms. The average Bonchev–Trinajstić information content (AvgIpc) is 3.20. The lowest BCUT2D eigenvalue weighted by molar-refractivity contribution is 0.0959. The number of aryl methyl sites for hydroxylation is 1. The van der Waals surface area contributed by atoms with Crippen LogP contribution in [-0.2, 0) is 6.42 Å². The Bertz CT molecular complexity index is 1060. The van der Waals surface area contributed by atoms with E-state index in [4.69, 9.17) is 5.73 Å². The first kappa shape index (κ1) is 19.3. The highest BCUT2D eigenvalue weighted by atomic mass is 32.1. The monoisotopic (exact) mass is 421 g/mol. The number of nitrogens with two attached hydrogens (primary N) is 1. The summed E-state index contributed by atoms with van der Waals surface area (Å²) < 4.78 is 0. The quantitative estimate of drug-likeness (QED) is 0.590. The maximum absolute atomic E-state index is 12.6. The SMILES string of the molecule is Cc1ccc2c(N)c(C(=O)NCCc3ccc(N4C5CCC4CNC5)cc3)sc2n1. The maximum atomic E-state index is 12.6. The Kier molecular flexibility index (Phi) is 5.08. The van der Waals surface area contributed by atoms with Crippen molar-refractivity contribution in [3.05, 3.63) is 52.5 Å². The number of thiophene rings is 1. The molecule has 1 aromatic carbocycles. The fourth-order valence-electron chi connectivity index (χ4n) is 4.69. The zero-order valence-corrected chi connectivity index (χ0v) is 18.0. The summed E-state index contributed by atoms with van der Waals surface area (Å²) in [5.41, 5.74) is 10.2. The van der Waals surface area contributed by atoms with E-state index in [-0.39, 0.29) is 5.91 Å². The van der Waals surface area contributed by atoms with Crippen LogP contribution < -0.4 is 21.3 Å². The van der Waals surface area contributed by atoms with Gasteiger partial charge in [0, 0.05) is 48.5 Å². The number of fused-ring (bicyclic) bond motifs is 3. The Morgan fingerprint density at radius 3 is 2.67 bits per heavy atom. The van der Waals surface area contributed by atoms with Crippen LogP contribution in [0.4, 0.5) is 11.4 Å². The number of nitrogens with zero attached hydrogens (tertiary/aromatic N) is 2. The van der Waals surface area contributed by atoms with Crippen LogP contribution in [0.25, 0.3) is 10.2 Å². The number of piperazine rings is 1. The molecule has 2 saturated heterocycles. The van der Waals surface area contributed by atoms with E-state index in [1.807, 2.05) is 19.1 Å². The molecule has 6 nitrogen and oxygen atoms in total. The minimum atomic E-state index is -0.123. The van der Waals surface area contributed by atoms with Crippen LogP contribution >= 0.6 is 11.3 Å². The van der Waals surface area contributed by atoms with Crippen molar-refractivity contribution in [3.63, 3.8) is 0 Å². The molecule has 2 aliphatic heterocycles. The van der Waals surface area contributed by atoms with Gasteiger partial charge in [0.2, 0.25) is 0 Å². The molecule has 0 saturated carbocycles. The van der Waals surface area contributed by atoms with E-state index in [0.29, 0.717) is 29.2 Å². The maximum Gasteiger partial charge on any atom is 0.263 e. The largest absolute Gasteiger partial charge is 0.397 e. The van der Waals surface area contributed by atoms with Crippen molar-refractivity contribution in [2.24, 2.45) is 0 Å². The lowest BCUT2D eigenvalue weighted by Crippen LogP contribution is -2.51. The van der Waals surface area contributed by atoms with E-state index in [1.54, 1.807) is 0 Å². The third-order valence-electron chi connectivity index (χ3n) is 6.25. The van der Waals surface area contributed by atoms with E-state index in [9.17, 15) is 4.79 Å². The molecule has 2 unspecified atom stereocenters. The van der Waals surface area contributed by atoms with Gasteiger partial charge in [0.25, 0.3) is 5.91 Å². The normalized spacial score (nSPS) is 20.6. The first-order valence-electron chi connectivity index (χ1n) is 10.6. The fourth-order valence-corrected chi connectivity index (χ4v) is 5.75. The van der Waals surface area contributed by atoms with E-state index in [2.05, 4.69) is 44.8 Å². The second-order valence-corrected chi connectivity index (χ2v) is 9.27. The molecule has 2 aliphatic rings. The Labute approximate surface area is 180 Å². The highest BCUT2D eigenvalue weighted by Crippen LogP contribution is 2.33. The van der Waals surface area contributed by atoms with E-state index >= 15 is 0 Å². The summed E-state index contributed by atoms with van der Waals surface area (Å²) >= 11 is 1.36. The number of carbonyl (C=O) groups is 1. The number of hydrogen-bond acceptors (Lipinski definition) is 6. The Morgan fingerprint density at radius 1 is 1.20 bits per heavy atom. The minimum absolute atomic E-state index is 0.123. The fraction of sp³-hybridized carbons (Fsp3) is 0.391. The summed E-state index contributed by atoms with van der Waals surface area (Å²) in [5, 5.41) is 7.40. The van der Waals surface area contributed by atoms with Gasteiger partial charge in [-0.3, -0.25) is 4.79 Å². The molecular formula is C23H27N5OS. The van der Waals surface area contributed by atoms with Crippen molar-refractivity contribution in [1.29, 1.82) is 0 Å². The number of aromatic nitrogens is 1. The number of nitrogens with one attached hydrogen (secondary N) is 2. The molecule has 4 N–H and O–H groups in total. The number of nitrogen functional groups attached to an aromatic ring is 1. The van der Waals surface area contributed by atoms with Crippen LogP contribution in [0.2, 0.25) is 0 Å². The van der Waals surface area contributed by atoms with Gasteiger partial charge >= 0.3 is 0 Å². The van der Waals surface area contributed by atoms with Gasteiger partial charge in [-0.1, -0.05) is 12.1 Å². The molecule has 1 amide bonds. The second-order valence-electron chi connectivity index (χ2n) is 8.27. The zero-order chi connectivity index (χ0) is 20.7. The number of benzene rings is 1. The highest BCUT2D eigenvalue weighted by molar-refractivity contribution is 7.21. The lowest BCUT2D eigenvalue weighted by Gasteiger charge is -2.37. The Morgan fingerprint density at radius 2 is 1.93 bits per heavy atom. The van der Waals surface area contributed by atoms with Crippen molar-refractivity contribution < 1.29 is 4.79 Å². The Balaban J connectivity index is 1.20. The molecule has 30 heavy (non-hydrogen) atoms. The molecule has 5 rings (SSSR count). The van der Waals surface area contributed by atoms with Gasteiger partial charge in [-0.05, 0) is 56.0 Å². The van der Waals surface area contributed by atoms with E-state index in [0.717, 1.165) is 35.4 Å². The number of pyridine rings is 1. The van der Waals surface area contributed by atoms with Crippen LogP contribution in [0, 0.1) is 6.92 Å². The average molecular weight is 422 g/mol. The molecule has 0 aliphatic carbocycles. The van der Waals surface area contributed by atoms with Gasteiger partial charge in [0.15, 0.2) is 0 Å². The summed E-state index contributed by atoms with van der Waals surface area (Å²) in [6, 6.07) is 13.9. The van der Waals surface area contributed by atoms with Crippen LogP contribution in [0.1, 0.15) is 33.8 Å². The molecular weight excluding hydrogens is 394 g/mol. The number of anilines is 2. The van der Waals surface area contributed by atoms with Gasteiger partial charge in [0.05, 0.1) is 5.69 Å².